The Kier molecular flexibility index (Phi) is 4.73. The molecule has 5 heteroatoms. The summed E-state index contributed by atoms with van der Waals surface area (Å²) in [5, 5.41) is 9.28. The molecule has 21 heavy (non-hydrogen) atoms. The standard InChI is InChI=1S/C16H24N2O3/c1-10(2)12-4-6-13(7-5-12)21-9-15-14(17)8-11(3)18(15)16(19)20/h4-7,10-11,14-15H,8-9,17H2,1-3H3,(H,19,20)/t11-,14+,15+/m1/s1. The minimum Gasteiger partial charge on any atom is -0.491 e. The lowest BCUT2D eigenvalue weighted by atomic mass is 10.0. The summed E-state index contributed by atoms with van der Waals surface area (Å²) in [5.41, 5.74) is 7.29. The smallest absolute Gasteiger partial charge is 0.407 e. The Morgan fingerprint density at radius 2 is 2.05 bits per heavy atom. The zero-order chi connectivity index (χ0) is 15.6. The van der Waals surface area contributed by atoms with Crippen molar-refractivity contribution in [1.82, 2.24) is 4.90 Å². The highest BCUT2D eigenvalue weighted by Crippen LogP contribution is 2.25. The van der Waals surface area contributed by atoms with Crippen LogP contribution in [0.1, 0.15) is 38.7 Å². The number of carbonyl (C=O) groups is 1. The highest BCUT2D eigenvalue weighted by atomic mass is 16.5. The Labute approximate surface area is 125 Å². The molecule has 1 aliphatic heterocycles. The fourth-order valence-corrected chi connectivity index (χ4v) is 2.86. The molecule has 0 unspecified atom stereocenters. The maximum absolute atomic E-state index is 11.3. The van der Waals surface area contributed by atoms with Crippen LogP contribution >= 0.6 is 0 Å². The predicted molar refractivity (Wildman–Crippen MR) is 81.7 cm³/mol. The lowest BCUT2D eigenvalue weighted by Gasteiger charge is -2.26. The van der Waals surface area contributed by atoms with Gasteiger partial charge in [-0.2, -0.15) is 0 Å². The molecule has 0 radical (unpaired) electrons. The zero-order valence-corrected chi connectivity index (χ0v) is 12.8. The van der Waals surface area contributed by atoms with Crippen molar-refractivity contribution >= 4 is 6.09 Å². The van der Waals surface area contributed by atoms with E-state index in [-0.39, 0.29) is 18.1 Å². The number of ether oxygens (including phenoxy) is 1. The number of nitrogens with zero attached hydrogens (tertiary/aromatic N) is 1. The second-order valence-electron chi connectivity index (χ2n) is 6.04. The molecule has 2 rings (SSSR count). The summed E-state index contributed by atoms with van der Waals surface area (Å²) in [6.07, 6.45) is -0.258. The van der Waals surface area contributed by atoms with Gasteiger partial charge in [0.25, 0.3) is 0 Å². The Balaban J connectivity index is 1.99. The molecule has 0 aromatic heterocycles. The Bertz CT molecular complexity index is 487. The van der Waals surface area contributed by atoms with Crippen molar-refractivity contribution in [3.8, 4) is 5.75 Å². The van der Waals surface area contributed by atoms with E-state index in [1.165, 1.54) is 10.5 Å². The van der Waals surface area contributed by atoms with Gasteiger partial charge >= 0.3 is 6.09 Å². The second kappa shape index (κ2) is 6.35. The average molecular weight is 292 g/mol. The van der Waals surface area contributed by atoms with Crippen LogP contribution in [0.3, 0.4) is 0 Å². The van der Waals surface area contributed by atoms with E-state index >= 15 is 0 Å². The lowest BCUT2D eigenvalue weighted by Crippen LogP contribution is -2.47. The minimum atomic E-state index is -0.931. The summed E-state index contributed by atoms with van der Waals surface area (Å²) in [4.78, 5) is 12.7. The number of likely N-dealkylation sites (tertiary alicyclic amines) is 1. The van der Waals surface area contributed by atoms with Crippen molar-refractivity contribution in [2.75, 3.05) is 6.61 Å². The minimum absolute atomic E-state index is 0.0607. The summed E-state index contributed by atoms with van der Waals surface area (Å²) in [6.45, 7) is 6.45. The lowest BCUT2D eigenvalue weighted by molar-refractivity contribution is 0.106. The summed E-state index contributed by atoms with van der Waals surface area (Å²) < 4.78 is 5.74. The first-order valence-corrected chi connectivity index (χ1v) is 7.39. The Morgan fingerprint density at radius 3 is 2.57 bits per heavy atom. The van der Waals surface area contributed by atoms with Gasteiger partial charge in [-0.3, -0.25) is 4.90 Å². The average Bonchev–Trinajstić information content (AvgIpc) is 2.71. The van der Waals surface area contributed by atoms with Crippen molar-refractivity contribution in [1.29, 1.82) is 0 Å². The highest BCUT2D eigenvalue weighted by molar-refractivity contribution is 5.66. The Hall–Kier alpha value is -1.75. The number of amides is 1. The molecule has 1 aliphatic rings. The van der Waals surface area contributed by atoms with Crippen LogP contribution in [0.5, 0.6) is 5.75 Å². The maximum Gasteiger partial charge on any atom is 0.407 e. The van der Waals surface area contributed by atoms with Crippen molar-refractivity contribution in [2.45, 2.75) is 51.2 Å². The van der Waals surface area contributed by atoms with Crippen LogP contribution in [-0.2, 0) is 0 Å². The number of nitrogens with two attached hydrogens (primary N) is 1. The van der Waals surface area contributed by atoms with E-state index in [0.717, 1.165) is 5.75 Å². The van der Waals surface area contributed by atoms with Crippen molar-refractivity contribution < 1.29 is 14.6 Å². The molecule has 3 N–H and O–H groups in total. The van der Waals surface area contributed by atoms with Gasteiger partial charge in [-0.1, -0.05) is 26.0 Å². The number of hydrogen-bond donors (Lipinski definition) is 2. The van der Waals surface area contributed by atoms with Crippen LogP contribution < -0.4 is 10.5 Å². The quantitative estimate of drug-likeness (QED) is 0.894. The Morgan fingerprint density at radius 1 is 1.43 bits per heavy atom. The van der Waals surface area contributed by atoms with Gasteiger partial charge in [0, 0.05) is 12.1 Å². The fourth-order valence-electron chi connectivity index (χ4n) is 2.86. The third-order valence-electron chi connectivity index (χ3n) is 4.13. The molecule has 5 nitrogen and oxygen atoms in total. The first kappa shape index (κ1) is 15.6. The van der Waals surface area contributed by atoms with Gasteiger partial charge in [-0.25, -0.2) is 4.79 Å². The van der Waals surface area contributed by atoms with E-state index in [0.29, 0.717) is 18.9 Å². The number of benzene rings is 1. The molecule has 1 saturated heterocycles. The van der Waals surface area contributed by atoms with E-state index in [1.807, 2.05) is 31.2 Å². The molecule has 0 aliphatic carbocycles. The topological polar surface area (TPSA) is 75.8 Å². The molecular formula is C16H24N2O3. The molecular weight excluding hydrogens is 268 g/mol. The number of carboxylic acid groups (broad SMARTS) is 1. The molecule has 1 fully saturated rings. The molecule has 1 aromatic rings. The first-order chi connectivity index (χ1) is 9.90. The predicted octanol–water partition coefficient (Wildman–Crippen LogP) is 2.66. The summed E-state index contributed by atoms with van der Waals surface area (Å²) in [5.74, 6) is 1.22. The van der Waals surface area contributed by atoms with E-state index in [9.17, 15) is 9.90 Å². The van der Waals surface area contributed by atoms with Crippen LogP contribution in [0.4, 0.5) is 4.79 Å². The van der Waals surface area contributed by atoms with E-state index in [4.69, 9.17) is 10.5 Å². The summed E-state index contributed by atoms with van der Waals surface area (Å²) >= 11 is 0. The van der Waals surface area contributed by atoms with Gasteiger partial charge in [-0.05, 0) is 37.0 Å². The van der Waals surface area contributed by atoms with Crippen LogP contribution in [0.2, 0.25) is 0 Å². The van der Waals surface area contributed by atoms with Crippen molar-refractivity contribution in [3.05, 3.63) is 29.8 Å². The number of rotatable bonds is 4. The fraction of sp³-hybridized carbons (Fsp3) is 0.562. The first-order valence-electron chi connectivity index (χ1n) is 7.39. The van der Waals surface area contributed by atoms with E-state index < -0.39 is 6.09 Å². The third kappa shape index (κ3) is 3.47. The maximum atomic E-state index is 11.3. The molecule has 116 valence electrons. The molecule has 0 saturated carbocycles. The molecule has 3 atom stereocenters. The van der Waals surface area contributed by atoms with Gasteiger partial charge in [0.1, 0.15) is 12.4 Å². The van der Waals surface area contributed by atoms with Gasteiger partial charge in [0.05, 0.1) is 6.04 Å². The van der Waals surface area contributed by atoms with Gasteiger partial charge in [-0.15, -0.1) is 0 Å². The van der Waals surface area contributed by atoms with Crippen LogP contribution in [0, 0.1) is 0 Å². The highest BCUT2D eigenvalue weighted by Gasteiger charge is 2.40. The van der Waals surface area contributed by atoms with Gasteiger partial charge in [0.2, 0.25) is 0 Å². The van der Waals surface area contributed by atoms with Gasteiger partial charge in [0.15, 0.2) is 0 Å². The monoisotopic (exact) mass is 292 g/mol. The van der Waals surface area contributed by atoms with Crippen molar-refractivity contribution in [3.63, 3.8) is 0 Å². The van der Waals surface area contributed by atoms with Crippen LogP contribution in [0.25, 0.3) is 0 Å². The van der Waals surface area contributed by atoms with E-state index in [1.54, 1.807) is 0 Å². The van der Waals surface area contributed by atoms with Crippen LogP contribution in [-0.4, -0.2) is 40.8 Å². The van der Waals surface area contributed by atoms with Crippen LogP contribution in [0.15, 0.2) is 24.3 Å². The van der Waals surface area contributed by atoms with Gasteiger partial charge < -0.3 is 15.6 Å². The third-order valence-corrected chi connectivity index (χ3v) is 4.13. The number of hydrogen-bond acceptors (Lipinski definition) is 3. The molecule has 1 aromatic carbocycles. The van der Waals surface area contributed by atoms with E-state index in [2.05, 4.69) is 13.8 Å². The second-order valence-corrected chi connectivity index (χ2v) is 6.04. The molecule has 1 heterocycles. The molecule has 0 bridgehead atoms. The molecule has 0 spiro atoms. The zero-order valence-electron chi connectivity index (χ0n) is 12.8. The SMILES string of the molecule is CC(C)c1ccc(OC[C@H]2[C@@H](N)C[C@@H](C)N2C(=O)O)cc1. The summed E-state index contributed by atoms with van der Waals surface area (Å²) in [6, 6.07) is 7.38. The van der Waals surface area contributed by atoms with Crippen molar-refractivity contribution in [2.24, 2.45) is 5.73 Å². The summed E-state index contributed by atoms with van der Waals surface area (Å²) in [7, 11) is 0. The largest absolute Gasteiger partial charge is 0.491 e. The normalized spacial score (nSPS) is 25.4. The molecule has 1 amide bonds.